The minimum absolute atomic E-state index is 0.0650. The lowest BCUT2D eigenvalue weighted by molar-refractivity contribution is -0.126. The predicted octanol–water partition coefficient (Wildman–Crippen LogP) is 0.660. The van der Waals surface area contributed by atoms with Gasteiger partial charge in [0.05, 0.1) is 18.8 Å². The smallest absolute Gasteiger partial charge is 0.238 e. The van der Waals surface area contributed by atoms with Crippen molar-refractivity contribution in [3.63, 3.8) is 0 Å². The maximum atomic E-state index is 12.6. The number of ether oxygens (including phenoxy) is 1. The molecule has 3 N–H and O–H groups in total. The Morgan fingerprint density at radius 1 is 1.29 bits per heavy atom. The first-order valence-electron chi connectivity index (χ1n) is 9.48. The van der Waals surface area contributed by atoms with Crippen LogP contribution in [0.3, 0.4) is 0 Å². The lowest BCUT2D eigenvalue weighted by Gasteiger charge is -2.32. The summed E-state index contributed by atoms with van der Waals surface area (Å²) in [6, 6.07) is 6.62. The van der Waals surface area contributed by atoms with E-state index in [-0.39, 0.29) is 12.5 Å². The highest BCUT2D eigenvalue weighted by atomic mass is 32.2. The van der Waals surface area contributed by atoms with E-state index in [1.807, 2.05) is 31.2 Å². The van der Waals surface area contributed by atoms with E-state index >= 15 is 0 Å². The molecular weight excluding hydrogens is 382 g/mol. The number of amides is 2. The second kappa shape index (κ2) is 9.88. The van der Waals surface area contributed by atoms with Crippen LogP contribution < -0.4 is 15.8 Å². The average Bonchev–Trinajstić information content (AvgIpc) is 2.65. The molecule has 0 bridgehead atoms. The number of hydrogen-bond acceptors (Lipinski definition) is 5. The van der Waals surface area contributed by atoms with E-state index in [4.69, 9.17) is 10.5 Å². The van der Waals surface area contributed by atoms with E-state index in [2.05, 4.69) is 5.32 Å². The van der Waals surface area contributed by atoms with E-state index in [1.165, 1.54) is 4.31 Å². The predicted molar refractivity (Wildman–Crippen MR) is 106 cm³/mol. The summed E-state index contributed by atoms with van der Waals surface area (Å²) in [6.07, 6.45) is 3.48. The number of carbonyl (C=O) groups excluding carboxylic acids is 2. The van der Waals surface area contributed by atoms with Gasteiger partial charge in [-0.1, -0.05) is 18.6 Å². The summed E-state index contributed by atoms with van der Waals surface area (Å²) >= 11 is 0. The van der Waals surface area contributed by atoms with Crippen molar-refractivity contribution in [3.05, 3.63) is 29.8 Å². The van der Waals surface area contributed by atoms with Gasteiger partial charge in [0.2, 0.25) is 21.8 Å². The van der Waals surface area contributed by atoms with Gasteiger partial charge in [-0.05, 0) is 43.9 Å². The molecule has 0 aromatic heterocycles. The van der Waals surface area contributed by atoms with Gasteiger partial charge < -0.3 is 15.8 Å². The van der Waals surface area contributed by atoms with E-state index < -0.39 is 27.9 Å². The summed E-state index contributed by atoms with van der Waals surface area (Å²) in [5.74, 6) is -0.744. The molecular formula is C19H29N3O5S. The van der Waals surface area contributed by atoms with Crippen LogP contribution in [0.15, 0.2) is 24.3 Å². The van der Waals surface area contributed by atoms with Crippen molar-refractivity contribution < 1.29 is 22.7 Å². The van der Waals surface area contributed by atoms with Gasteiger partial charge in [-0.2, -0.15) is 4.31 Å². The molecule has 2 rings (SSSR count). The van der Waals surface area contributed by atoms with E-state index in [9.17, 15) is 18.0 Å². The topological polar surface area (TPSA) is 119 Å². The standard InChI is InChI=1S/C19H29N3O5S/c1-3-27-16-9-7-14(8-10-16)12-15(18(20)23)13-21-19(24)17-6-4-5-11-22(17)28(2,25)26/h7-10,15,17H,3-6,11-13H2,1-2H3,(H2,20,23)(H,21,24). The third-order valence-electron chi connectivity index (χ3n) is 4.82. The zero-order valence-corrected chi connectivity index (χ0v) is 17.2. The van der Waals surface area contributed by atoms with Crippen molar-refractivity contribution in [1.29, 1.82) is 0 Å². The van der Waals surface area contributed by atoms with Gasteiger partial charge in [0.1, 0.15) is 11.8 Å². The summed E-state index contributed by atoms with van der Waals surface area (Å²) in [6.45, 7) is 2.87. The number of benzene rings is 1. The van der Waals surface area contributed by atoms with E-state index in [0.29, 0.717) is 26.0 Å². The van der Waals surface area contributed by atoms with Crippen molar-refractivity contribution in [3.8, 4) is 5.75 Å². The summed E-state index contributed by atoms with van der Waals surface area (Å²) in [5, 5.41) is 2.72. The van der Waals surface area contributed by atoms with Crippen LogP contribution in [0.25, 0.3) is 0 Å². The molecule has 8 nitrogen and oxygen atoms in total. The molecule has 1 fully saturated rings. The Bertz CT molecular complexity index is 779. The average molecular weight is 412 g/mol. The molecule has 156 valence electrons. The molecule has 0 radical (unpaired) electrons. The van der Waals surface area contributed by atoms with Crippen molar-refractivity contribution in [1.82, 2.24) is 9.62 Å². The third kappa shape index (κ3) is 6.20. The molecule has 9 heteroatoms. The van der Waals surface area contributed by atoms with Crippen LogP contribution in [-0.4, -0.2) is 56.5 Å². The second-order valence-corrected chi connectivity index (χ2v) is 8.95. The van der Waals surface area contributed by atoms with Gasteiger partial charge in [-0.25, -0.2) is 8.42 Å². The lowest BCUT2D eigenvalue weighted by atomic mass is 9.98. The quantitative estimate of drug-likeness (QED) is 0.619. The first-order valence-corrected chi connectivity index (χ1v) is 11.3. The number of sulfonamides is 1. The lowest BCUT2D eigenvalue weighted by Crippen LogP contribution is -2.52. The third-order valence-corrected chi connectivity index (χ3v) is 6.11. The highest BCUT2D eigenvalue weighted by Crippen LogP contribution is 2.20. The fourth-order valence-electron chi connectivity index (χ4n) is 3.35. The van der Waals surface area contributed by atoms with E-state index in [0.717, 1.165) is 30.4 Å². The maximum Gasteiger partial charge on any atom is 0.238 e. The number of nitrogens with zero attached hydrogens (tertiary/aromatic N) is 1. The highest BCUT2D eigenvalue weighted by molar-refractivity contribution is 7.88. The number of nitrogens with one attached hydrogen (secondary N) is 1. The highest BCUT2D eigenvalue weighted by Gasteiger charge is 2.34. The van der Waals surface area contributed by atoms with Gasteiger partial charge in [-0.3, -0.25) is 9.59 Å². The van der Waals surface area contributed by atoms with Crippen LogP contribution >= 0.6 is 0 Å². The molecule has 2 unspecified atom stereocenters. The Balaban J connectivity index is 1.98. The van der Waals surface area contributed by atoms with Crippen LogP contribution in [0.4, 0.5) is 0 Å². The molecule has 2 amide bonds. The van der Waals surface area contributed by atoms with Crippen molar-refractivity contribution in [2.45, 2.75) is 38.6 Å². The SMILES string of the molecule is CCOc1ccc(CC(CNC(=O)C2CCCCN2S(C)(=O)=O)C(N)=O)cc1. The van der Waals surface area contributed by atoms with Crippen molar-refractivity contribution >= 4 is 21.8 Å². The zero-order valence-electron chi connectivity index (χ0n) is 16.4. The normalized spacial score (nSPS) is 19.0. The molecule has 1 aliphatic heterocycles. The number of rotatable bonds is 9. The monoisotopic (exact) mass is 411 g/mol. The largest absolute Gasteiger partial charge is 0.494 e. The van der Waals surface area contributed by atoms with Crippen LogP contribution in [0.2, 0.25) is 0 Å². The molecule has 1 aromatic carbocycles. The van der Waals surface area contributed by atoms with Crippen molar-refractivity contribution in [2.75, 3.05) is 26.0 Å². The van der Waals surface area contributed by atoms with Crippen LogP contribution in [0.5, 0.6) is 5.75 Å². The van der Waals surface area contributed by atoms with Crippen LogP contribution in [-0.2, 0) is 26.0 Å². The van der Waals surface area contributed by atoms with Gasteiger partial charge in [0.25, 0.3) is 0 Å². The Morgan fingerprint density at radius 3 is 2.54 bits per heavy atom. The number of hydrogen-bond donors (Lipinski definition) is 2. The Kier molecular flexibility index (Phi) is 7.82. The summed E-state index contributed by atoms with van der Waals surface area (Å²) in [7, 11) is -3.46. The number of primary amides is 1. The Hall–Kier alpha value is -2.13. The number of carbonyl (C=O) groups is 2. The number of piperidine rings is 1. The first-order chi connectivity index (χ1) is 13.2. The van der Waals surface area contributed by atoms with Gasteiger partial charge >= 0.3 is 0 Å². The van der Waals surface area contributed by atoms with Gasteiger partial charge in [-0.15, -0.1) is 0 Å². The minimum Gasteiger partial charge on any atom is -0.494 e. The molecule has 0 spiro atoms. The van der Waals surface area contributed by atoms with Gasteiger partial charge in [0, 0.05) is 13.1 Å². The molecule has 0 aliphatic carbocycles. The molecule has 2 atom stereocenters. The maximum absolute atomic E-state index is 12.6. The minimum atomic E-state index is -3.46. The molecule has 1 saturated heterocycles. The summed E-state index contributed by atoms with van der Waals surface area (Å²) in [4.78, 5) is 24.4. The molecule has 1 aliphatic rings. The fraction of sp³-hybridized carbons (Fsp3) is 0.579. The Labute approximate surface area is 166 Å². The zero-order chi connectivity index (χ0) is 20.7. The van der Waals surface area contributed by atoms with Crippen molar-refractivity contribution in [2.24, 2.45) is 11.7 Å². The second-order valence-electron chi connectivity index (χ2n) is 7.01. The van der Waals surface area contributed by atoms with E-state index in [1.54, 1.807) is 0 Å². The molecule has 1 heterocycles. The summed E-state index contributed by atoms with van der Waals surface area (Å²) in [5.41, 5.74) is 6.40. The fourth-order valence-corrected chi connectivity index (χ4v) is 4.48. The first kappa shape index (κ1) is 22.2. The molecule has 1 aromatic rings. The molecule has 0 saturated carbocycles. The van der Waals surface area contributed by atoms with Gasteiger partial charge in [0.15, 0.2) is 0 Å². The van der Waals surface area contributed by atoms with Crippen LogP contribution in [0, 0.1) is 5.92 Å². The summed E-state index contributed by atoms with van der Waals surface area (Å²) < 4.78 is 30.5. The number of nitrogens with two attached hydrogens (primary N) is 1. The Morgan fingerprint density at radius 2 is 1.96 bits per heavy atom. The molecule has 28 heavy (non-hydrogen) atoms. The van der Waals surface area contributed by atoms with Crippen LogP contribution in [0.1, 0.15) is 31.7 Å².